The fourth-order valence-corrected chi connectivity index (χ4v) is 42.4. The van der Waals surface area contributed by atoms with Gasteiger partial charge in [0.2, 0.25) is 0 Å². The second kappa shape index (κ2) is 21.1. The van der Waals surface area contributed by atoms with E-state index in [1.165, 1.54) is 0 Å². The summed E-state index contributed by atoms with van der Waals surface area (Å²) < 4.78 is 0. The van der Waals surface area contributed by atoms with Crippen molar-refractivity contribution in [2.24, 2.45) is 0 Å². The van der Waals surface area contributed by atoms with Crippen LogP contribution in [0.4, 0.5) is 0 Å². The Bertz CT molecular complexity index is 126. The molecule has 0 aromatic carbocycles. The predicted molar refractivity (Wildman–Crippen MR) is 69.5 cm³/mol. The first-order valence-electron chi connectivity index (χ1n) is 4.17. The molecular formula is C10H18O4RuSi2. The molecule has 0 spiro atoms. The van der Waals surface area contributed by atoms with Crippen molar-refractivity contribution in [3.8, 4) is 0 Å². The van der Waals surface area contributed by atoms with Gasteiger partial charge in [0.05, 0.1) is 0 Å². The minimum atomic E-state index is -0.641. The Morgan fingerprint density at radius 3 is 0.647 bits per heavy atom. The van der Waals surface area contributed by atoms with Crippen LogP contribution in [0, 0.1) is 0 Å². The largest absolute Gasteiger partial charge is 0.281 e. The van der Waals surface area contributed by atoms with E-state index in [0.717, 1.165) is 15.7 Å². The standard InChI is InChI=1S/2C3H9Si.4CO.Ru/c2*1-4(2)3;4*1-2;/h2*1-3H3;;;;;. The summed E-state index contributed by atoms with van der Waals surface area (Å²) in [5.74, 6) is 0. The molecule has 0 fully saturated rings. The Morgan fingerprint density at radius 1 is 0.529 bits per heavy atom. The fourth-order valence-electron chi connectivity index (χ4n) is 0.795. The summed E-state index contributed by atoms with van der Waals surface area (Å²) in [6.45, 7) is 33.0. The molecule has 4 nitrogen and oxygen atoms in total. The fraction of sp³-hybridized carbons (Fsp3) is 0.600. The summed E-state index contributed by atoms with van der Waals surface area (Å²) in [5.41, 5.74) is 0. The molecule has 0 unspecified atom stereocenters. The zero-order valence-corrected chi connectivity index (χ0v) is 14.7. The molecule has 0 N–H and O–H groups in total. The first-order valence-corrected chi connectivity index (χ1v) is 16.1. The summed E-state index contributed by atoms with van der Waals surface area (Å²) in [4.78, 5) is 30.0. The van der Waals surface area contributed by atoms with E-state index < -0.39 is 12.6 Å². The number of hydrogen-bond donors (Lipinski definition) is 0. The minimum Gasteiger partial charge on any atom is -0.281 e. The van der Waals surface area contributed by atoms with Crippen LogP contribution in [0.2, 0.25) is 39.3 Å². The van der Waals surface area contributed by atoms with Crippen molar-refractivity contribution in [3.05, 3.63) is 0 Å². The van der Waals surface area contributed by atoms with E-state index in [9.17, 15) is 0 Å². The van der Waals surface area contributed by atoms with Crippen molar-refractivity contribution >= 4 is 39.8 Å². The molecule has 0 aromatic rings. The zero-order chi connectivity index (χ0) is 15.7. The molecule has 0 aliphatic heterocycles. The topological polar surface area (TPSA) is 68.3 Å². The molecule has 0 aliphatic carbocycles. The molecule has 8 radical (unpaired) electrons. The molecular weight excluding hydrogens is 341 g/mol. The third-order valence-corrected chi connectivity index (χ3v) is 28.2. The summed E-state index contributed by atoms with van der Waals surface area (Å²) in [5, 5.41) is 0. The minimum absolute atomic E-state index is 0.641. The van der Waals surface area contributed by atoms with Gasteiger partial charge in [0.15, 0.2) is 0 Å². The summed E-state index contributed by atoms with van der Waals surface area (Å²) in [6.07, 6.45) is -1.28. The second-order valence-electron chi connectivity index (χ2n) is 4.15. The third kappa shape index (κ3) is 90.2. The van der Waals surface area contributed by atoms with Crippen LogP contribution in [-0.4, -0.2) is 39.8 Å². The van der Waals surface area contributed by atoms with Crippen molar-refractivity contribution in [1.82, 2.24) is 0 Å². The van der Waals surface area contributed by atoms with Crippen LogP contribution in [0.3, 0.4) is 0 Å². The molecule has 0 atom stereocenters. The molecule has 0 rings (SSSR count). The van der Waals surface area contributed by atoms with Crippen LogP contribution in [0.25, 0.3) is 0 Å². The number of rotatable bonds is 2. The number of hydrogen-bond acceptors (Lipinski definition) is 4. The van der Waals surface area contributed by atoms with Crippen molar-refractivity contribution in [3.63, 3.8) is 0 Å². The molecule has 0 aliphatic rings. The molecule has 98 valence electrons. The van der Waals surface area contributed by atoms with Crippen LogP contribution in [0.5, 0.6) is 0 Å². The summed E-state index contributed by atoms with van der Waals surface area (Å²) >= 11 is 0.789. The second-order valence-corrected chi connectivity index (χ2v) is 32.5. The maximum absolute atomic E-state index is 7.50. The first-order chi connectivity index (χ1) is 7.71. The molecule has 0 heterocycles. The molecule has 0 aromatic heterocycles. The van der Waals surface area contributed by atoms with Gasteiger partial charge in [-0.1, -0.05) is 0 Å². The summed E-state index contributed by atoms with van der Waals surface area (Å²) in [6, 6.07) is 0. The molecule has 0 amide bonds. The van der Waals surface area contributed by atoms with Crippen LogP contribution < -0.4 is 0 Å². The Kier molecular flexibility index (Phi) is 37.3. The average molecular weight is 359 g/mol. The third-order valence-electron chi connectivity index (χ3n) is 0.530. The quantitative estimate of drug-likeness (QED) is 0.694. The van der Waals surface area contributed by atoms with Gasteiger partial charge in [0, 0.05) is 0 Å². The monoisotopic (exact) mass is 360 g/mol. The normalized spacial score (nSPS) is 8.59. The van der Waals surface area contributed by atoms with Gasteiger partial charge in [-0.2, -0.15) is 0 Å². The molecule has 0 saturated carbocycles. The van der Waals surface area contributed by atoms with Gasteiger partial charge in [0.1, 0.15) is 0 Å². The molecule has 0 bridgehead atoms. The van der Waals surface area contributed by atoms with E-state index in [1.807, 2.05) is 0 Å². The Balaban J connectivity index is -0.0000000507. The Morgan fingerprint density at radius 2 is 0.647 bits per heavy atom. The maximum Gasteiger partial charge on any atom is 0.281 e. The summed E-state index contributed by atoms with van der Waals surface area (Å²) in [7, 11) is 0. The van der Waals surface area contributed by atoms with Gasteiger partial charge < -0.3 is 0 Å². The first kappa shape index (κ1) is 30.1. The van der Waals surface area contributed by atoms with Crippen LogP contribution in [0.1, 0.15) is 0 Å². The van der Waals surface area contributed by atoms with Gasteiger partial charge >= 0.3 is 67.6 Å². The molecule has 17 heavy (non-hydrogen) atoms. The van der Waals surface area contributed by atoms with Gasteiger partial charge in [-0.05, 0) is 0 Å². The smallest absolute Gasteiger partial charge is 0.281 e. The van der Waals surface area contributed by atoms with Gasteiger partial charge in [-0.3, -0.25) is 19.2 Å². The predicted octanol–water partition coefficient (Wildman–Crippen LogP) is 1.15. The number of carbonyl (C=O) groups excluding carboxylic acids is 4. The average Bonchev–Trinajstić information content (AvgIpc) is 2.24. The van der Waals surface area contributed by atoms with E-state index in [0.29, 0.717) is 0 Å². The van der Waals surface area contributed by atoms with Crippen molar-refractivity contribution in [2.45, 2.75) is 39.3 Å². The Labute approximate surface area is 114 Å². The van der Waals surface area contributed by atoms with Crippen LogP contribution in [0.15, 0.2) is 0 Å². The van der Waals surface area contributed by atoms with Gasteiger partial charge in [-0.15, -0.1) is 0 Å². The van der Waals surface area contributed by atoms with E-state index in [-0.39, 0.29) is 0 Å². The molecule has 7 heteroatoms. The van der Waals surface area contributed by atoms with Crippen LogP contribution >= 0.6 is 0 Å². The van der Waals surface area contributed by atoms with Crippen molar-refractivity contribution < 1.29 is 34.9 Å². The van der Waals surface area contributed by atoms with E-state index >= 15 is 0 Å². The zero-order valence-electron chi connectivity index (χ0n) is 11.0. The van der Waals surface area contributed by atoms with E-state index in [2.05, 4.69) is 66.4 Å². The van der Waals surface area contributed by atoms with E-state index in [4.69, 9.17) is 19.2 Å². The van der Waals surface area contributed by atoms with Gasteiger partial charge in [-0.25, -0.2) is 0 Å². The van der Waals surface area contributed by atoms with Crippen molar-refractivity contribution in [1.29, 1.82) is 0 Å². The van der Waals surface area contributed by atoms with Crippen LogP contribution in [-0.2, 0) is 34.9 Å². The van der Waals surface area contributed by atoms with Gasteiger partial charge in [0.25, 0.3) is 27.2 Å². The SMILES string of the molecule is C[Si](C)(C)[Ru][Si](C)(C)C.[C]=O.[C]=O.[C]=O.[C]=O. The maximum atomic E-state index is 7.50. The van der Waals surface area contributed by atoms with E-state index in [1.54, 1.807) is 0 Å². The van der Waals surface area contributed by atoms with Crippen molar-refractivity contribution in [2.75, 3.05) is 0 Å². The molecule has 0 saturated heterocycles. The Hall–Kier alpha value is -0.263.